The summed E-state index contributed by atoms with van der Waals surface area (Å²) >= 11 is 0. The summed E-state index contributed by atoms with van der Waals surface area (Å²) in [6.45, 7) is 1.76. The van der Waals surface area contributed by atoms with Crippen LogP contribution in [0.25, 0.3) is 0 Å². The minimum absolute atomic E-state index is 0.0364. The van der Waals surface area contributed by atoms with Gasteiger partial charge in [-0.05, 0) is 78.8 Å². The van der Waals surface area contributed by atoms with Gasteiger partial charge in [-0.25, -0.2) is 8.78 Å². The van der Waals surface area contributed by atoms with E-state index in [4.69, 9.17) is 5.11 Å². The Hall–Kier alpha value is -1.47. The Bertz CT molecular complexity index is 799. The predicted molar refractivity (Wildman–Crippen MR) is 106 cm³/mol. The Morgan fingerprint density at radius 3 is 2.72 bits per heavy atom. The van der Waals surface area contributed by atoms with E-state index in [2.05, 4.69) is 0 Å². The third-order valence-electron chi connectivity index (χ3n) is 8.13. The zero-order valence-corrected chi connectivity index (χ0v) is 16.8. The molecule has 158 valence electrons. The molecule has 1 aromatic carbocycles. The molecule has 3 aliphatic rings. The van der Waals surface area contributed by atoms with Gasteiger partial charge in [-0.1, -0.05) is 25.1 Å². The highest BCUT2D eigenvalue weighted by atomic mass is 19.3. The van der Waals surface area contributed by atoms with Gasteiger partial charge in [0.25, 0.3) is 5.92 Å². The van der Waals surface area contributed by atoms with Crippen LogP contribution in [0.1, 0.15) is 68.9 Å². The lowest BCUT2D eigenvalue weighted by molar-refractivity contribution is -0.137. The normalized spacial score (nSPS) is 34.8. The molecule has 3 N–H and O–H groups in total. The second kappa shape index (κ2) is 7.34. The maximum Gasteiger partial charge on any atom is 0.488 e. The molecule has 0 unspecified atom stereocenters. The van der Waals surface area contributed by atoms with Crippen LogP contribution in [0.15, 0.2) is 18.2 Å². The van der Waals surface area contributed by atoms with Gasteiger partial charge in [-0.3, -0.25) is 4.79 Å². The number of carboxylic acid groups (broad SMARTS) is 1. The number of alkyl halides is 2. The lowest BCUT2D eigenvalue weighted by Crippen LogP contribution is -2.47. The fraction of sp³-hybridized carbons (Fsp3) is 0.682. The van der Waals surface area contributed by atoms with E-state index in [0.29, 0.717) is 24.7 Å². The number of carbonyl (C=O) groups is 1. The minimum atomic E-state index is -2.71. The van der Waals surface area contributed by atoms with E-state index in [-0.39, 0.29) is 36.5 Å². The first-order valence-electron chi connectivity index (χ1n) is 10.7. The number of fused-ring (bicyclic) bond motifs is 5. The molecule has 4 nitrogen and oxygen atoms in total. The molecule has 0 radical (unpaired) electrons. The molecule has 0 spiro atoms. The van der Waals surface area contributed by atoms with Crippen molar-refractivity contribution in [2.75, 3.05) is 0 Å². The number of aliphatic carboxylic acids is 1. The number of carboxylic acids is 1. The minimum Gasteiger partial charge on any atom is -0.481 e. The average molecular weight is 406 g/mol. The van der Waals surface area contributed by atoms with E-state index in [0.717, 1.165) is 24.8 Å². The maximum absolute atomic E-state index is 15.1. The first-order chi connectivity index (χ1) is 13.6. The van der Waals surface area contributed by atoms with Crippen molar-refractivity contribution in [1.82, 2.24) is 0 Å². The summed E-state index contributed by atoms with van der Waals surface area (Å²) in [5.41, 5.74) is 1.74. The highest BCUT2D eigenvalue weighted by molar-refractivity contribution is 6.58. The maximum atomic E-state index is 15.1. The quantitative estimate of drug-likeness (QED) is 0.656. The van der Waals surface area contributed by atoms with Crippen molar-refractivity contribution < 1.29 is 28.7 Å². The van der Waals surface area contributed by atoms with Gasteiger partial charge in [-0.2, -0.15) is 0 Å². The van der Waals surface area contributed by atoms with Gasteiger partial charge in [-0.15, -0.1) is 0 Å². The molecule has 0 bridgehead atoms. The Morgan fingerprint density at radius 1 is 1.28 bits per heavy atom. The van der Waals surface area contributed by atoms with Crippen LogP contribution in [0.2, 0.25) is 0 Å². The van der Waals surface area contributed by atoms with Crippen LogP contribution >= 0.6 is 0 Å². The van der Waals surface area contributed by atoms with E-state index in [1.54, 1.807) is 13.0 Å². The second-order valence-electron chi connectivity index (χ2n) is 9.58. The predicted octanol–water partition coefficient (Wildman–Crippen LogP) is 3.34. The molecule has 5 atom stereocenters. The molecule has 29 heavy (non-hydrogen) atoms. The van der Waals surface area contributed by atoms with Crippen molar-refractivity contribution in [1.29, 1.82) is 0 Å². The monoisotopic (exact) mass is 406 g/mol. The highest BCUT2D eigenvalue weighted by Crippen LogP contribution is 2.68. The van der Waals surface area contributed by atoms with E-state index < -0.39 is 24.4 Å². The van der Waals surface area contributed by atoms with Gasteiger partial charge in [0.05, 0.1) is 0 Å². The zero-order valence-electron chi connectivity index (χ0n) is 16.8. The van der Waals surface area contributed by atoms with E-state index >= 15 is 8.78 Å². The lowest BCUT2D eigenvalue weighted by atomic mass is 9.53. The second-order valence-corrected chi connectivity index (χ2v) is 9.58. The number of aryl methyl sites for hydroxylation is 1. The van der Waals surface area contributed by atoms with Crippen molar-refractivity contribution >= 4 is 18.6 Å². The molecule has 4 rings (SSSR count). The smallest absolute Gasteiger partial charge is 0.481 e. The molecule has 7 heteroatoms. The number of hydrogen-bond acceptors (Lipinski definition) is 3. The van der Waals surface area contributed by atoms with Crippen LogP contribution in [-0.2, 0) is 11.2 Å². The van der Waals surface area contributed by atoms with Crippen molar-refractivity contribution in [2.45, 2.75) is 70.1 Å². The van der Waals surface area contributed by atoms with Gasteiger partial charge in [0.15, 0.2) is 0 Å². The highest BCUT2D eigenvalue weighted by Gasteiger charge is 2.67. The van der Waals surface area contributed by atoms with Gasteiger partial charge in [0.2, 0.25) is 0 Å². The number of halogens is 2. The number of rotatable bonds is 5. The zero-order chi connectivity index (χ0) is 21.0. The fourth-order valence-corrected chi connectivity index (χ4v) is 6.80. The van der Waals surface area contributed by atoms with Crippen LogP contribution < -0.4 is 5.46 Å². The molecular formula is C22H29BF2O4. The molecule has 1 aromatic rings. The molecule has 0 heterocycles. The van der Waals surface area contributed by atoms with Gasteiger partial charge < -0.3 is 15.2 Å². The molecule has 0 amide bonds. The average Bonchev–Trinajstić information content (AvgIpc) is 2.86. The van der Waals surface area contributed by atoms with Crippen molar-refractivity contribution in [3.63, 3.8) is 0 Å². The van der Waals surface area contributed by atoms with Crippen molar-refractivity contribution in [2.24, 2.45) is 23.2 Å². The van der Waals surface area contributed by atoms with Crippen LogP contribution in [0.5, 0.6) is 0 Å². The summed E-state index contributed by atoms with van der Waals surface area (Å²) in [5.74, 6) is -3.41. The molecule has 0 saturated heterocycles. The summed E-state index contributed by atoms with van der Waals surface area (Å²) < 4.78 is 30.2. The summed E-state index contributed by atoms with van der Waals surface area (Å²) in [5, 5.41) is 27.9. The Morgan fingerprint density at radius 2 is 2.03 bits per heavy atom. The van der Waals surface area contributed by atoms with Gasteiger partial charge in [0.1, 0.15) is 0 Å². The standard InChI is InChI=1S/C22H29BF2O4/c1-21-10-9-17-16-8-6-15(23(28)29)11-13(16)5-7-18(17)20(21)14(12-22(21,24)25)3-2-4-19(26)27/h6,8,11,14,17-18,20,28-29H,2-5,7,9-10,12H2,1H3,(H,26,27)/t14-,17+,18+,20-,21-/m0/s1. The summed E-state index contributed by atoms with van der Waals surface area (Å²) in [4.78, 5) is 10.9. The molecule has 2 saturated carbocycles. The lowest BCUT2D eigenvalue weighted by Gasteiger charge is -2.51. The Kier molecular flexibility index (Phi) is 5.27. The number of hydrogen-bond donors (Lipinski definition) is 3. The van der Waals surface area contributed by atoms with E-state index in [1.165, 1.54) is 5.56 Å². The van der Waals surface area contributed by atoms with Gasteiger partial charge >= 0.3 is 13.1 Å². The van der Waals surface area contributed by atoms with E-state index in [1.807, 2.05) is 12.1 Å². The number of benzene rings is 1. The molecule has 0 aliphatic heterocycles. The summed E-state index contributed by atoms with van der Waals surface area (Å²) in [7, 11) is -1.50. The summed E-state index contributed by atoms with van der Waals surface area (Å²) in [6, 6.07) is 5.53. The molecule has 3 aliphatic carbocycles. The first-order valence-corrected chi connectivity index (χ1v) is 10.7. The van der Waals surface area contributed by atoms with Gasteiger partial charge in [0, 0.05) is 18.3 Å². The molecular weight excluding hydrogens is 377 g/mol. The molecule has 2 fully saturated rings. The summed E-state index contributed by atoms with van der Waals surface area (Å²) in [6.07, 6.45) is 3.70. The Balaban J connectivity index is 1.63. The molecule has 0 aromatic heterocycles. The third-order valence-corrected chi connectivity index (χ3v) is 8.13. The van der Waals surface area contributed by atoms with Crippen LogP contribution in [0.3, 0.4) is 0 Å². The van der Waals surface area contributed by atoms with Crippen LogP contribution in [-0.4, -0.2) is 34.2 Å². The SMILES string of the molecule is C[C@]12CC[C@@H]3c4ccc(B(O)O)cc4CC[C@H]3[C@@H]1[C@@H](CCCC(=O)O)CC2(F)F. The third kappa shape index (κ3) is 3.40. The largest absolute Gasteiger partial charge is 0.488 e. The Labute approximate surface area is 170 Å². The van der Waals surface area contributed by atoms with Crippen molar-refractivity contribution in [3.05, 3.63) is 29.3 Å². The van der Waals surface area contributed by atoms with Crippen molar-refractivity contribution in [3.8, 4) is 0 Å². The van der Waals surface area contributed by atoms with Crippen LogP contribution in [0.4, 0.5) is 8.78 Å². The fourth-order valence-electron chi connectivity index (χ4n) is 6.80. The first kappa shape index (κ1) is 20.8. The van der Waals surface area contributed by atoms with E-state index in [9.17, 15) is 14.8 Å². The van der Waals surface area contributed by atoms with Crippen LogP contribution in [0, 0.1) is 23.2 Å². The topological polar surface area (TPSA) is 77.8 Å².